The van der Waals surface area contributed by atoms with Crippen LogP contribution in [0.4, 0.5) is 4.39 Å². The molecule has 0 aliphatic heterocycles. The summed E-state index contributed by atoms with van der Waals surface area (Å²) in [5.41, 5.74) is 1.19. The first-order valence-electron chi connectivity index (χ1n) is 10.2. The Morgan fingerprint density at radius 3 is 2.50 bits per heavy atom. The van der Waals surface area contributed by atoms with Crippen molar-refractivity contribution in [3.05, 3.63) is 70.5 Å². The number of para-hydroxylation sites is 1. The van der Waals surface area contributed by atoms with Crippen molar-refractivity contribution in [1.82, 2.24) is 14.9 Å². The number of fused-ring (bicyclic) bond motifs is 1. The standard InChI is InChI=1S/C23H28FN3O/c1-3-5-6-9-16-25-20(4-2)22-26-21-11-8-7-10-19(21)23(28)27(22)18-14-12-17(24)13-15-18/h7-8,10-15,20,25H,3-6,9,16H2,1-2H3. The monoisotopic (exact) mass is 381 g/mol. The third-order valence-corrected chi connectivity index (χ3v) is 5.03. The zero-order valence-corrected chi connectivity index (χ0v) is 16.6. The molecule has 0 saturated carbocycles. The van der Waals surface area contributed by atoms with Crippen LogP contribution in [0.5, 0.6) is 0 Å². The van der Waals surface area contributed by atoms with Crippen LogP contribution >= 0.6 is 0 Å². The van der Waals surface area contributed by atoms with E-state index >= 15 is 0 Å². The van der Waals surface area contributed by atoms with Crippen LogP contribution < -0.4 is 10.9 Å². The first-order chi connectivity index (χ1) is 13.7. The quantitative estimate of drug-likeness (QED) is 0.522. The van der Waals surface area contributed by atoms with E-state index in [0.29, 0.717) is 22.4 Å². The fraction of sp³-hybridized carbons (Fsp3) is 0.391. The van der Waals surface area contributed by atoms with Gasteiger partial charge in [0.2, 0.25) is 0 Å². The number of benzene rings is 2. The van der Waals surface area contributed by atoms with E-state index in [4.69, 9.17) is 4.98 Å². The lowest BCUT2D eigenvalue weighted by molar-refractivity contribution is 0.469. The van der Waals surface area contributed by atoms with Gasteiger partial charge in [-0.2, -0.15) is 0 Å². The van der Waals surface area contributed by atoms with Crippen molar-refractivity contribution in [3.8, 4) is 5.69 Å². The van der Waals surface area contributed by atoms with E-state index in [1.807, 2.05) is 18.2 Å². The molecular weight excluding hydrogens is 353 g/mol. The third kappa shape index (κ3) is 4.47. The van der Waals surface area contributed by atoms with E-state index in [0.717, 1.165) is 19.4 Å². The molecule has 2 aromatic carbocycles. The molecule has 28 heavy (non-hydrogen) atoms. The molecule has 0 fully saturated rings. The summed E-state index contributed by atoms with van der Waals surface area (Å²) >= 11 is 0. The zero-order chi connectivity index (χ0) is 19.9. The van der Waals surface area contributed by atoms with Gasteiger partial charge in [-0.05, 0) is 55.8 Å². The van der Waals surface area contributed by atoms with Crippen molar-refractivity contribution in [1.29, 1.82) is 0 Å². The van der Waals surface area contributed by atoms with Crippen molar-refractivity contribution < 1.29 is 4.39 Å². The Bertz CT molecular complexity index is 966. The molecule has 0 spiro atoms. The van der Waals surface area contributed by atoms with Gasteiger partial charge in [0.1, 0.15) is 11.6 Å². The Balaban J connectivity index is 2.04. The largest absolute Gasteiger partial charge is 0.307 e. The number of nitrogens with one attached hydrogen (secondary N) is 1. The number of nitrogens with zero attached hydrogens (tertiary/aromatic N) is 2. The number of halogens is 1. The summed E-state index contributed by atoms with van der Waals surface area (Å²) < 4.78 is 15.1. The van der Waals surface area contributed by atoms with E-state index in [1.54, 1.807) is 22.8 Å². The van der Waals surface area contributed by atoms with Crippen LogP contribution in [-0.4, -0.2) is 16.1 Å². The molecule has 0 radical (unpaired) electrons. The van der Waals surface area contributed by atoms with E-state index in [9.17, 15) is 9.18 Å². The average Bonchev–Trinajstić information content (AvgIpc) is 2.72. The Morgan fingerprint density at radius 1 is 1.04 bits per heavy atom. The highest BCUT2D eigenvalue weighted by Gasteiger charge is 2.19. The molecule has 1 N–H and O–H groups in total. The molecule has 1 heterocycles. The van der Waals surface area contributed by atoms with Gasteiger partial charge in [0, 0.05) is 0 Å². The number of aromatic nitrogens is 2. The van der Waals surface area contributed by atoms with Gasteiger partial charge in [-0.25, -0.2) is 9.37 Å². The molecule has 0 bridgehead atoms. The lowest BCUT2D eigenvalue weighted by Crippen LogP contribution is -2.31. The van der Waals surface area contributed by atoms with Gasteiger partial charge in [-0.3, -0.25) is 9.36 Å². The number of hydrogen-bond donors (Lipinski definition) is 1. The fourth-order valence-corrected chi connectivity index (χ4v) is 3.47. The van der Waals surface area contributed by atoms with E-state index < -0.39 is 0 Å². The van der Waals surface area contributed by atoms with Crippen LogP contribution in [0.3, 0.4) is 0 Å². The molecule has 4 nitrogen and oxygen atoms in total. The summed E-state index contributed by atoms with van der Waals surface area (Å²) in [7, 11) is 0. The van der Waals surface area contributed by atoms with Crippen molar-refractivity contribution in [2.45, 2.75) is 52.0 Å². The van der Waals surface area contributed by atoms with Crippen molar-refractivity contribution in [2.75, 3.05) is 6.54 Å². The Kier molecular flexibility index (Phi) is 6.93. The molecule has 3 rings (SSSR count). The minimum Gasteiger partial charge on any atom is -0.307 e. The first-order valence-corrected chi connectivity index (χ1v) is 10.2. The summed E-state index contributed by atoms with van der Waals surface area (Å²) in [6.45, 7) is 5.16. The molecule has 148 valence electrons. The van der Waals surface area contributed by atoms with Gasteiger partial charge in [-0.1, -0.05) is 45.2 Å². The second kappa shape index (κ2) is 9.60. The number of rotatable bonds is 9. The van der Waals surface area contributed by atoms with Crippen LogP contribution in [0, 0.1) is 5.82 Å². The summed E-state index contributed by atoms with van der Waals surface area (Å²) in [5, 5.41) is 4.13. The van der Waals surface area contributed by atoms with Crippen molar-refractivity contribution in [3.63, 3.8) is 0 Å². The van der Waals surface area contributed by atoms with Crippen LogP contribution in [-0.2, 0) is 0 Å². The maximum atomic E-state index is 13.4. The minimum atomic E-state index is -0.326. The van der Waals surface area contributed by atoms with Crippen LogP contribution in [0.2, 0.25) is 0 Å². The van der Waals surface area contributed by atoms with Crippen molar-refractivity contribution in [2.24, 2.45) is 0 Å². The highest BCUT2D eigenvalue weighted by Crippen LogP contribution is 2.20. The van der Waals surface area contributed by atoms with Crippen LogP contribution in [0.15, 0.2) is 53.3 Å². The number of hydrogen-bond acceptors (Lipinski definition) is 3. The SMILES string of the molecule is CCCCCCNC(CC)c1nc2ccccc2c(=O)n1-c1ccc(F)cc1. The highest BCUT2D eigenvalue weighted by atomic mass is 19.1. The van der Waals surface area contributed by atoms with Gasteiger partial charge in [0.25, 0.3) is 5.56 Å². The predicted molar refractivity (Wildman–Crippen MR) is 112 cm³/mol. The Morgan fingerprint density at radius 2 is 1.79 bits per heavy atom. The third-order valence-electron chi connectivity index (χ3n) is 5.03. The van der Waals surface area contributed by atoms with Gasteiger partial charge in [-0.15, -0.1) is 0 Å². The molecule has 0 saturated heterocycles. The second-order valence-electron chi connectivity index (χ2n) is 7.08. The van der Waals surface area contributed by atoms with E-state index in [1.165, 1.54) is 31.4 Å². The first kappa shape index (κ1) is 20.2. The molecule has 1 aromatic heterocycles. The predicted octanol–water partition coefficient (Wildman–Crippen LogP) is 5.15. The smallest absolute Gasteiger partial charge is 0.266 e. The molecule has 3 aromatic rings. The summed E-state index contributed by atoms with van der Waals surface area (Å²) in [6, 6.07) is 13.3. The molecule has 0 amide bonds. The van der Waals surface area contributed by atoms with Gasteiger partial charge >= 0.3 is 0 Å². The van der Waals surface area contributed by atoms with E-state index in [-0.39, 0.29) is 17.4 Å². The number of unbranched alkanes of at least 4 members (excludes halogenated alkanes) is 3. The second-order valence-corrected chi connectivity index (χ2v) is 7.08. The normalized spacial score (nSPS) is 12.4. The highest BCUT2D eigenvalue weighted by molar-refractivity contribution is 5.77. The minimum absolute atomic E-state index is 0.0519. The fourth-order valence-electron chi connectivity index (χ4n) is 3.47. The van der Waals surface area contributed by atoms with Gasteiger partial charge in [0.05, 0.1) is 22.6 Å². The van der Waals surface area contributed by atoms with Crippen LogP contribution in [0.25, 0.3) is 16.6 Å². The lowest BCUT2D eigenvalue weighted by Gasteiger charge is -2.22. The van der Waals surface area contributed by atoms with Crippen LogP contribution in [0.1, 0.15) is 57.8 Å². The van der Waals surface area contributed by atoms with Gasteiger partial charge < -0.3 is 5.32 Å². The lowest BCUT2D eigenvalue weighted by atomic mass is 10.1. The van der Waals surface area contributed by atoms with Crippen molar-refractivity contribution >= 4 is 10.9 Å². The zero-order valence-electron chi connectivity index (χ0n) is 16.6. The molecule has 1 atom stereocenters. The molecule has 0 aliphatic carbocycles. The summed E-state index contributed by atoms with van der Waals surface area (Å²) in [4.78, 5) is 18.1. The summed E-state index contributed by atoms with van der Waals surface area (Å²) in [5.74, 6) is 0.349. The molecular formula is C23H28FN3O. The van der Waals surface area contributed by atoms with E-state index in [2.05, 4.69) is 19.2 Å². The maximum Gasteiger partial charge on any atom is 0.266 e. The molecule has 0 aliphatic rings. The molecule has 1 unspecified atom stereocenters. The van der Waals surface area contributed by atoms with Gasteiger partial charge in [0.15, 0.2) is 0 Å². The Labute approximate surface area is 165 Å². The maximum absolute atomic E-state index is 13.4. The summed E-state index contributed by atoms with van der Waals surface area (Å²) in [6.07, 6.45) is 5.52. The Hall–Kier alpha value is -2.53. The average molecular weight is 381 g/mol. The molecule has 5 heteroatoms. The topological polar surface area (TPSA) is 46.9 Å².